The van der Waals surface area contributed by atoms with E-state index in [9.17, 15) is 0 Å². The van der Waals surface area contributed by atoms with E-state index in [0.29, 0.717) is 0 Å². The average Bonchev–Trinajstić information content (AvgIpc) is 2.36. The van der Waals surface area contributed by atoms with E-state index < -0.39 is 0 Å². The van der Waals surface area contributed by atoms with E-state index in [1.807, 2.05) is 0 Å². The van der Waals surface area contributed by atoms with Crippen LogP contribution in [0.3, 0.4) is 0 Å². The predicted molar refractivity (Wildman–Crippen MR) is 89.7 cm³/mol. The molecule has 0 nitrogen and oxygen atoms in total. The van der Waals surface area contributed by atoms with Gasteiger partial charge in [0.25, 0.3) is 0 Å². The third kappa shape index (κ3) is 15.9. The summed E-state index contributed by atoms with van der Waals surface area (Å²) >= 11 is 0. The Bertz CT molecular complexity index is 159. The summed E-state index contributed by atoms with van der Waals surface area (Å²) in [5, 5.41) is 0. The Morgan fingerprint density at radius 3 is 1.53 bits per heavy atom. The lowest BCUT2D eigenvalue weighted by molar-refractivity contribution is 0.417. The SMILES string of the molecule is CCCCCCCCCCCC(C)CCCC(C)C. The monoisotopic (exact) mass is 268 g/mol. The molecular weight excluding hydrogens is 228 g/mol. The number of unbranched alkanes of at least 4 members (excludes halogenated alkanes) is 8. The van der Waals surface area contributed by atoms with E-state index in [1.165, 1.54) is 83.5 Å². The van der Waals surface area contributed by atoms with E-state index in [2.05, 4.69) is 27.7 Å². The molecule has 0 rings (SSSR count). The van der Waals surface area contributed by atoms with Crippen LogP contribution in [0.25, 0.3) is 0 Å². The summed E-state index contributed by atoms with van der Waals surface area (Å²) in [5.41, 5.74) is 0. The maximum absolute atomic E-state index is 2.45. The van der Waals surface area contributed by atoms with Gasteiger partial charge in [-0.1, -0.05) is 111 Å². The van der Waals surface area contributed by atoms with Crippen molar-refractivity contribution in [3.05, 3.63) is 0 Å². The topological polar surface area (TPSA) is 0 Å². The molecule has 116 valence electrons. The van der Waals surface area contributed by atoms with Gasteiger partial charge in [0, 0.05) is 0 Å². The standard InChI is InChI=1S/C19H40/c1-5-6-7-8-9-10-11-12-13-16-19(4)17-14-15-18(2)3/h18-19H,5-17H2,1-4H3. The zero-order chi connectivity index (χ0) is 14.3. The zero-order valence-corrected chi connectivity index (χ0v) is 14.3. The molecule has 0 N–H and O–H groups in total. The van der Waals surface area contributed by atoms with Gasteiger partial charge < -0.3 is 0 Å². The molecule has 0 fully saturated rings. The van der Waals surface area contributed by atoms with Crippen LogP contribution in [0.5, 0.6) is 0 Å². The highest BCUT2D eigenvalue weighted by atomic mass is 14.1. The van der Waals surface area contributed by atoms with Crippen molar-refractivity contribution in [2.24, 2.45) is 11.8 Å². The van der Waals surface area contributed by atoms with Crippen molar-refractivity contribution in [2.45, 2.75) is 111 Å². The average molecular weight is 269 g/mol. The minimum atomic E-state index is 0.889. The molecule has 0 aromatic heterocycles. The molecule has 0 heteroatoms. The maximum Gasteiger partial charge on any atom is -0.0443 e. The maximum atomic E-state index is 2.45. The van der Waals surface area contributed by atoms with E-state index in [1.54, 1.807) is 0 Å². The Balaban J connectivity index is 3.12. The van der Waals surface area contributed by atoms with Crippen molar-refractivity contribution >= 4 is 0 Å². The lowest BCUT2D eigenvalue weighted by Gasteiger charge is -2.12. The van der Waals surface area contributed by atoms with Gasteiger partial charge in [-0.2, -0.15) is 0 Å². The van der Waals surface area contributed by atoms with E-state index in [4.69, 9.17) is 0 Å². The number of hydrogen-bond donors (Lipinski definition) is 0. The van der Waals surface area contributed by atoms with Gasteiger partial charge in [-0.25, -0.2) is 0 Å². The molecule has 0 radical (unpaired) electrons. The Kier molecular flexibility index (Phi) is 14.4. The summed E-state index contributed by atoms with van der Waals surface area (Å²) in [6.45, 7) is 9.42. The molecule has 0 saturated carbocycles. The van der Waals surface area contributed by atoms with Crippen molar-refractivity contribution in [1.29, 1.82) is 0 Å². The van der Waals surface area contributed by atoms with Crippen LogP contribution in [0.2, 0.25) is 0 Å². The lowest BCUT2D eigenvalue weighted by atomic mass is 9.95. The summed E-state index contributed by atoms with van der Waals surface area (Å²) < 4.78 is 0. The summed E-state index contributed by atoms with van der Waals surface area (Å²) in [6.07, 6.45) is 18.9. The van der Waals surface area contributed by atoms with Gasteiger partial charge >= 0.3 is 0 Å². The first-order valence-corrected chi connectivity index (χ1v) is 9.16. The largest absolute Gasteiger partial charge is 0.0654 e. The van der Waals surface area contributed by atoms with Crippen LogP contribution in [0.1, 0.15) is 111 Å². The highest BCUT2D eigenvalue weighted by Crippen LogP contribution is 2.18. The highest BCUT2D eigenvalue weighted by molar-refractivity contribution is 4.56. The van der Waals surface area contributed by atoms with Crippen LogP contribution in [0, 0.1) is 11.8 Å². The van der Waals surface area contributed by atoms with Gasteiger partial charge in [0.05, 0.1) is 0 Å². The van der Waals surface area contributed by atoms with Gasteiger partial charge in [-0.05, 0) is 11.8 Å². The van der Waals surface area contributed by atoms with Crippen LogP contribution >= 0.6 is 0 Å². The smallest absolute Gasteiger partial charge is 0.0443 e. The Hall–Kier alpha value is 0. The molecule has 0 aliphatic heterocycles. The summed E-state index contributed by atoms with van der Waals surface area (Å²) in [5.74, 6) is 1.85. The van der Waals surface area contributed by atoms with E-state index >= 15 is 0 Å². The summed E-state index contributed by atoms with van der Waals surface area (Å²) in [7, 11) is 0. The van der Waals surface area contributed by atoms with Crippen LogP contribution in [-0.4, -0.2) is 0 Å². The van der Waals surface area contributed by atoms with Gasteiger partial charge in [0.1, 0.15) is 0 Å². The number of hydrogen-bond acceptors (Lipinski definition) is 0. The van der Waals surface area contributed by atoms with Crippen LogP contribution in [0.4, 0.5) is 0 Å². The molecule has 1 atom stereocenters. The minimum Gasteiger partial charge on any atom is -0.0654 e. The molecule has 0 saturated heterocycles. The molecule has 0 amide bonds. The lowest BCUT2D eigenvalue weighted by Crippen LogP contribution is -1.96. The first-order valence-electron chi connectivity index (χ1n) is 9.16. The van der Waals surface area contributed by atoms with Crippen LogP contribution < -0.4 is 0 Å². The molecule has 0 aromatic carbocycles. The minimum absolute atomic E-state index is 0.889. The first-order chi connectivity index (χ1) is 9.16. The van der Waals surface area contributed by atoms with Gasteiger partial charge in [0.15, 0.2) is 0 Å². The fraction of sp³-hybridized carbons (Fsp3) is 1.00. The van der Waals surface area contributed by atoms with Crippen molar-refractivity contribution < 1.29 is 0 Å². The second-order valence-electron chi connectivity index (χ2n) is 7.05. The molecule has 1 unspecified atom stereocenters. The molecule has 0 bridgehead atoms. The first kappa shape index (κ1) is 19.0. The normalized spacial score (nSPS) is 13.1. The Labute approximate surface area is 123 Å². The zero-order valence-electron chi connectivity index (χ0n) is 14.3. The molecule has 0 aliphatic rings. The van der Waals surface area contributed by atoms with Crippen molar-refractivity contribution in [2.75, 3.05) is 0 Å². The molecule has 19 heavy (non-hydrogen) atoms. The molecular formula is C19H40. The van der Waals surface area contributed by atoms with Gasteiger partial charge in [-0.15, -0.1) is 0 Å². The van der Waals surface area contributed by atoms with Gasteiger partial charge in [-0.3, -0.25) is 0 Å². The highest BCUT2D eigenvalue weighted by Gasteiger charge is 2.03. The summed E-state index contributed by atoms with van der Waals surface area (Å²) in [6, 6.07) is 0. The van der Waals surface area contributed by atoms with Crippen LogP contribution in [0.15, 0.2) is 0 Å². The third-order valence-corrected chi connectivity index (χ3v) is 4.28. The predicted octanol–water partition coefficient (Wildman–Crippen LogP) is 7.37. The molecule has 0 heterocycles. The van der Waals surface area contributed by atoms with Crippen molar-refractivity contribution in [1.82, 2.24) is 0 Å². The van der Waals surface area contributed by atoms with E-state index in [0.717, 1.165) is 11.8 Å². The van der Waals surface area contributed by atoms with Crippen LogP contribution in [-0.2, 0) is 0 Å². The van der Waals surface area contributed by atoms with Crippen molar-refractivity contribution in [3.8, 4) is 0 Å². The quantitative estimate of drug-likeness (QED) is 0.288. The Morgan fingerprint density at radius 2 is 1.00 bits per heavy atom. The molecule has 0 spiro atoms. The Morgan fingerprint density at radius 1 is 0.526 bits per heavy atom. The third-order valence-electron chi connectivity index (χ3n) is 4.28. The second-order valence-corrected chi connectivity index (χ2v) is 7.05. The fourth-order valence-corrected chi connectivity index (χ4v) is 2.82. The van der Waals surface area contributed by atoms with Gasteiger partial charge in [0.2, 0.25) is 0 Å². The molecule has 0 aliphatic carbocycles. The summed E-state index contributed by atoms with van der Waals surface area (Å²) in [4.78, 5) is 0. The number of rotatable bonds is 14. The second kappa shape index (κ2) is 14.4. The fourth-order valence-electron chi connectivity index (χ4n) is 2.82. The van der Waals surface area contributed by atoms with E-state index in [-0.39, 0.29) is 0 Å². The molecule has 0 aromatic rings. The van der Waals surface area contributed by atoms with Crippen molar-refractivity contribution in [3.63, 3.8) is 0 Å².